The first-order chi connectivity index (χ1) is 14.7. The summed E-state index contributed by atoms with van der Waals surface area (Å²) >= 11 is 3.49. The van der Waals surface area contributed by atoms with E-state index in [2.05, 4.69) is 59.4 Å². The summed E-state index contributed by atoms with van der Waals surface area (Å²) in [5.41, 5.74) is 3.42. The van der Waals surface area contributed by atoms with E-state index in [1.165, 1.54) is 5.56 Å². The van der Waals surface area contributed by atoms with E-state index in [4.69, 9.17) is 0 Å². The van der Waals surface area contributed by atoms with Crippen LogP contribution in [0.3, 0.4) is 0 Å². The maximum absolute atomic E-state index is 13.2. The SMILES string of the molecule is CC[C@H](C)NC(=O)[C@H](C)N(Cc1cccc(Br)c1)C(=O)CCc1ccc(C(C)C)cc1. The maximum Gasteiger partial charge on any atom is 0.242 e. The average molecular weight is 487 g/mol. The van der Waals surface area contributed by atoms with Crippen molar-refractivity contribution in [2.75, 3.05) is 0 Å². The third kappa shape index (κ3) is 7.80. The standard InChI is InChI=1S/C26H35BrN2O2/c1-6-19(4)28-26(31)20(5)29(17-22-8-7-9-24(27)16-22)25(30)15-12-21-10-13-23(14-11-21)18(2)3/h7-11,13-14,16,18-20H,6,12,15,17H2,1-5H3,(H,28,31)/t19-,20-/m0/s1. The van der Waals surface area contributed by atoms with Crippen molar-refractivity contribution in [1.82, 2.24) is 10.2 Å². The van der Waals surface area contributed by atoms with E-state index in [-0.39, 0.29) is 17.9 Å². The molecule has 2 aromatic carbocycles. The molecule has 2 aromatic rings. The van der Waals surface area contributed by atoms with Gasteiger partial charge < -0.3 is 10.2 Å². The molecule has 2 amide bonds. The zero-order valence-electron chi connectivity index (χ0n) is 19.3. The van der Waals surface area contributed by atoms with Crippen LogP contribution in [0.1, 0.15) is 70.1 Å². The highest BCUT2D eigenvalue weighted by Gasteiger charge is 2.26. The molecule has 168 valence electrons. The van der Waals surface area contributed by atoms with Crippen LogP contribution in [-0.4, -0.2) is 28.8 Å². The Morgan fingerprint density at radius 3 is 2.26 bits per heavy atom. The Balaban J connectivity index is 2.13. The summed E-state index contributed by atoms with van der Waals surface area (Å²) in [4.78, 5) is 27.7. The van der Waals surface area contributed by atoms with Crippen molar-refractivity contribution < 1.29 is 9.59 Å². The van der Waals surface area contributed by atoms with Gasteiger partial charge in [0.2, 0.25) is 11.8 Å². The topological polar surface area (TPSA) is 49.4 Å². The van der Waals surface area contributed by atoms with Crippen molar-refractivity contribution in [2.45, 2.75) is 78.4 Å². The smallest absolute Gasteiger partial charge is 0.242 e. The lowest BCUT2D eigenvalue weighted by atomic mass is 10.00. The third-order valence-electron chi connectivity index (χ3n) is 5.68. The third-order valence-corrected chi connectivity index (χ3v) is 6.18. The van der Waals surface area contributed by atoms with Gasteiger partial charge in [-0.05, 0) is 61.4 Å². The predicted molar refractivity (Wildman–Crippen MR) is 131 cm³/mol. The zero-order valence-corrected chi connectivity index (χ0v) is 20.9. The van der Waals surface area contributed by atoms with Crippen LogP contribution < -0.4 is 5.32 Å². The van der Waals surface area contributed by atoms with Gasteiger partial charge in [-0.2, -0.15) is 0 Å². The highest BCUT2D eigenvalue weighted by Crippen LogP contribution is 2.18. The fourth-order valence-electron chi connectivity index (χ4n) is 3.34. The number of hydrogen-bond donors (Lipinski definition) is 1. The fraction of sp³-hybridized carbons (Fsp3) is 0.462. The molecule has 31 heavy (non-hydrogen) atoms. The summed E-state index contributed by atoms with van der Waals surface area (Å²) in [7, 11) is 0. The maximum atomic E-state index is 13.2. The van der Waals surface area contributed by atoms with Gasteiger partial charge in [-0.1, -0.05) is 73.1 Å². The first kappa shape index (κ1) is 25.1. The van der Waals surface area contributed by atoms with E-state index < -0.39 is 6.04 Å². The number of nitrogens with one attached hydrogen (secondary N) is 1. The van der Waals surface area contributed by atoms with Gasteiger partial charge in [0.15, 0.2) is 0 Å². The molecule has 0 radical (unpaired) electrons. The Kier molecular flexibility index (Phi) is 9.76. The molecule has 0 aliphatic heterocycles. The highest BCUT2D eigenvalue weighted by molar-refractivity contribution is 9.10. The Morgan fingerprint density at radius 1 is 1.00 bits per heavy atom. The van der Waals surface area contributed by atoms with Gasteiger partial charge in [-0.25, -0.2) is 0 Å². The number of benzene rings is 2. The number of hydrogen-bond acceptors (Lipinski definition) is 2. The lowest BCUT2D eigenvalue weighted by Crippen LogP contribution is -2.49. The predicted octanol–water partition coefficient (Wildman–Crippen LogP) is 5.84. The molecule has 5 heteroatoms. The van der Waals surface area contributed by atoms with E-state index in [9.17, 15) is 9.59 Å². The molecule has 2 rings (SSSR count). The largest absolute Gasteiger partial charge is 0.352 e. The number of amides is 2. The first-order valence-corrected chi connectivity index (χ1v) is 11.9. The lowest BCUT2D eigenvalue weighted by Gasteiger charge is -2.30. The molecule has 0 bridgehead atoms. The van der Waals surface area contributed by atoms with Crippen molar-refractivity contribution in [1.29, 1.82) is 0 Å². The van der Waals surface area contributed by atoms with Gasteiger partial charge in [-0.3, -0.25) is 9.59 Å². The van der Waals surface area contributed by atoms with E-state index in [0.29, 0.717) is 25.3 Å². The van der Waals surface area contributed by atoms with Crippen molar-refractivity contribution in [3.05, 3.63) is 69.7 Å². The van der Waals surface area contributed by atoms with Crippen LogP contribution in [0.4, 0.5) is 0 Å². The van der Waals surface area contributed by atoms with E-state index >= 15 is 0 Å². The van der Waals surface area contributed by atoms with Gasteiger partial charge in [0.05, 0.1) is 0 Å². The van der Waals surface area contributed by atoms with Gasteiger partial charge in [-0.15, -0.1) is 0 Å². The second-order valence-electron chi connectivity index (χ2n) is 8.54. The summed E-state index contributed by atoms with van der Waals surface area (Å²) in [5.74, 6) is 0.361. The molecule has 4 nitrogen and oxygen atoms in total. The van der Waals surface area contributed by atoms with Crippen LogP contribution in [0.15, 0.2) is 53.0 Å². The number of carbonyl (C=O) groups is 2. The molecule has 0 aliphatic carbocycles. The molecule has 2 atom stereocenters. The first-order valence-electron chi connectivity index (χ1n) is 11.1. The van der Waals surface area contributed by atoms with Gasteiger partial charge >= 0.3 is 0 Å². The Labute approximate surface area is 195 Å². The molecule has 1 N–H and O–H groups in total. The molecular formula is C26H35BrN2O2. The second kappa shape index (κ2) is 12.0. The zero-order chi connectivity index (χ0) is 23.0. The van der Waals surface area contributed by atoms with Crippen LogP contribution in [-0.2, 0) is 22.6 Å². The Morgan fingerprint density at radius 2 is 1.68 bits per heavy atom. The van der Waals surface area contributed by atoms with Crippen molar-refractivity contribution in [2.24, 2.45) is 0 Å². The van der Waals surface area contributed by atoms with Crippen molar-refractivity contribution in [3.63, 3.8) is 0 Å². The molecular weight excluding hydrogens is 452 g/mol. The quantitative estimate of drug-likeness (QED) is 0.458. The number of carbonyl (C=O) groups excluding carboxylic acids is 2. The second-order valence-corrected chi connectivity index (χ2v) is 9.46. The normalized spacial score (nSPS) is 13.0. The number of rotatable bonds is 10. The van der Waals surface area contributed by atoms with Crippen molar-refractivity contribution in [3.8, 4) is 0 Å². The molecule has 0 aliphatic rings. The number of nitrogens with zero attached hydrogens (tertiary/aromatic N) is 1. The minimum atomic E-state index is -0.538. The summed E-state index contributed by atoms with van der Waals surface area (Å²) in [6.45, 7) is 10.6. The van der Waals surface area contributed by atoms with Crippen LogP contribution >= 0.6 is 15.9 Å². The summed E-state index contributed by atoms with van der Waals surface area (Å²) in [5, 5.41) is 3.01. The monoisotopic (exact) mass is 486 g/mol. The van der Waals surface area contributed by atoms with Crippen LogP contribution in [0.5, 0.6) is 0 Å². The molecule has 0 unspecified atom stereocenters. The Hall–Kier alpha value is -2.14. The van der Waals surface area contributed by atoms with E-state index in [0.717, 1.165) is 22.0 Å². The van der Waals surface area contributed by atoms with Crippen LogP contribution in [0.25, 0.3) is 0 Å². The average Bonchev–Trinajstić information content (AvgIpc) is 2.75. The van der Waals surface area contributed by atoms with E-state index in [1.54, 1.807) is 4.90 Å². The number of aryl methyl sites for hydroxylation is 1. The molecule has 0 spiro atoms. The minimum Gasteiger partial charge on any atom is -0.352 e. The molecule has 0 saturated heterocycles. The van der Waals surface area contributed by atoms with Gasteiger partial charge in [0.1, 0.15) is 6.04 Å². The minimum absolute atomic E-state index is 0.0142. The van der Waals surface area contributed by atoms with Gasteiger partial charge in [0, 0.05) is 23.5 Å². The highest BCUT2D eigenvalue weighted by atomic mass is 79.9. The summed E-state index contributed by atoms with van der Waals surface area (Å²) < 4.78 is 0.958. The van der Waals surface area contributed by atoms with E-state index in [1.807, 2.05) is 45.0 Å². The van der Waals surface area contributed by atoms with Gasteiger partial charge in [0.25, 0.3) is 0 Å². The molecule has 0 heterocycles. The lowest BCUT2D eigenvalue weighted by molar-refractivity contribution is -0.140. The fourth-order valence-corrected chi connectivity index (χ4v) is 3.79. The van der Waals surface area contributed by atoms with Crippen molar-refractivity contribution >= 4 is 27.7 Å². The molecule has 0 aromatic heterocycles. The van der Waals surface area contributed by atoms with Crippen LogP contribution in [0, 0.1) is 0 Å². The summed E-state index contributed by atoms with van der Waals surface area (Å²) in [6, 6.07) is 15.9. The molecule has 0 saturated carbocycles. The Bertz CT molecular complexity index is 864. The van der Waals surface area contributed by atoms with Crippen LogP contribution in [0.2, 0.25) is 0 Å². The number of halogens is 1. The summed E-state index contributed by atoms with van der Waals surface area (Å²) in [6.07, 6.45) is 1.88. The molecule has 0 fully saturated rings.